The lowest BCUT2D eigenvalue weighted by Crippen LogP contribution is -2.15. The standard InChI is InChI=1S/C22H19FN4O/c1-12-21-20(22(24)28)25-11-27(21)18-9-8-14(13-6-7-13)10-16(18)19(26-12)15-4-2-3-5-17(15)23/h2-5,8-13H,6-7H2,1H3,(H2,24,28). The van der Waals surface area contributed by atoms with Gasteiger partial charge in [0.25, 0.3) is 5.91 Å². The summed E-state index contributed by atoms with van der Waals surface area (Å²) >= 11 is 0. The molecule has 1 aliphatic carbocycles. The lowest BCUT2D eigenvalue weighted by atomic mass is 9.96. The minimum absolute atomic E-state index is 0.197. The Hall–Kier alpha value is -3.28. The molecule has 0 saturated heterocycles. The van der Waals surface area contributed by atoms with Crippen molar-refractivity contribution in [2.75, 3.05) is 0 Å². The minimum atomic E-state index is -0.596. The number of benzene rings is 2. The third-order valence-corrected chi connectivity index (χ3v) is 5.47. The number of hydrogen-bond donors (Lipinski definition) is 1. The molecule has 1 saturated carbocycles. The van der Waals surface area contributed by atoms with Gasteiger partial charge < -0.3 is 5.73 Å². The highest BCUT2D eigenvalue weighted by Gasteiger charge is 2.30. The number of nitrogens with zero attached hydrogens (tertiary/aromatic N) is 3. The van der Waals surface area contributed by atoms with Crippen molar-refractivity contribution < 1.29 is 9.18 Å². The lowest BCUT2D eigenvalue weighted by molar-refractivity contribution is 0.0994. The summed E-state index contributed by atoms with van der Waals surface area (Å²) in [4.78, 5) is 21.0. The van der Waals surface area contributed by atoms with Crippen LogP contribution in [0.1, 0.15) is 64.6 Å². The van der Waals surface area contributed by atoms with Gasteiger partial charge in [-0.1, -0.05) is 18.2 Å². The summed E-state index contributed by atoms with van der Waals surface area (Å²) in [5.74, 6) is -0.367. The Bertz CT molecular complexity index is 1140. The molecule has 2 aliphatic rings. The molecule has 1 atom stereocenters. The molecule has 0 radical (unpaired) electrons. The summed E-state index contributed by atoms with van der Waals surface area (Å²) in [6.07, 6.45) is 3.94. The molecule has 2 aromatic carbocycles. The van der Waals surface area contributed by atoms with Crippen LogP contribution >= 0.6 is 0 Å². The molecule has 1 amide bonds. The van der Waals surface area contributed by atoms with Crippen LogP contribution in [0.2, 0.25) is 0 Å². The highest BCUT2D eigenvalue weighted by Crippen LogP contribution is 2.42. The molecular formula is C22H19FN4O. The predicted molar refractivity (Wildman–Crippen MR) is 105 cm³/mol. The largest absolute Gasteiger partial charge is 0.364 e. The highest BCUT2D eigenvalue weighted by atomic mass is 19.1. The third kappa shape index (κ3) is 2.56. The number of amides is 1. The Labute approximate surface area is 161 Å². The van der Waals surface area contributed by atoms with Crippen molar-refractivity contribution in [3.05, 3.63) is 82.7 Å². The Morgan fingerprint density at radius 3 is 2.68 bits per heavy atom. The van der Waals surface area contributed by atoms with Crippen molar-refractivity contribution in [3.8, 4) is 5.69 Å². The quantitative estimate of drug-likeness (QED) is 0.755. The number of carbonyl (C=O) groups excluding carboxylic acids is 1. The molecule has 28 heavy (non-hydrogen) atoms. The van der Waals surface area contributed by atoms with E-state index in [4.69, 9.17) is 10.7 Å². The van der Waals surface area contributed by atoms with E-state index < -0.39 is 11.9 Å². The molecule has 1 unspecified atom stereocenters. The fourth-order valence-electron chi connectivity index (χ4n) is 3.96. The Kier molecular flexibility index (Phi) is 3.69. The van der Waals surface area contributed by atoms with Gasteiger partial charge in [-0.05, 0) is 55.5 Å². The van der Waals surface area contributed by atoms with Gasteiger partial charge in [-0.25, -0.2) is 9.37 Å². The monoisotopic (exact) mass is 374 g/mol. The summed E-state index contributed by atoms with van der Waals surface area (Å²) in [6.45, 7) is 1.87. The van der Waals surface area contributed by atoms with E-state index in [1.165, 1.54) is 24.5 Å². The molecule has 5 nitrogen and oxygen atoms in total. The Balaban J connectivity index is 1.81. The van der Waals surface area contributed by atoms with Gasteiger partial charge >= 0.3 is 0 Å². The van der Waals surface area contributed by atoms with E-state index in [0.29, 0.717) is 22.9 Å². The normalized spacial score (nSPS) is 18.1. The van der Waals surface area contributed by atoms with Gasteiger partial charge in [0, 0.05) is 11.1 Å². The third-order valence-electron chi connectivity index (χ3n) is 5.47. The van der Waals surface area contributed by atoms with Crippen LogP contribution in [0, 0.1) is 5.82 Å². The number of primary amides is 1. The van der Waals surface area contributed by atoms with Gasteiger partial charge in [0.05, 0.1) is 23.1 Å². The fourth-order valence-corrected chi connectivity index (χ4v) is 3.96. The second-order valence-corrected chi connectivity index (χ2v) is 7.40. The summed E-state index contributed by atoms with van der Waals surface area (Å²) in [7, 11) is 0. The van der Waals surface area contributed by atoms with E-state index in [9.17, 15) is 9.18 Å². The van der Waals surface area contributed by atoms with Crippen molar-refractivity contribution in [2.24, 2.45) is 10.7 Å². The number of aromatic nitrogens is 2. The average Bonchev–Trinajstić information content (AvgIpc) is 3.45. The molecule has 140 valence electrons. The average molecular weight is 374 g/mol. The minimum Gasteiger partial charge on any atom is -0.364 e. The first-order valence-corrected chi connectivity index (χ1v) is 9.39. The van der Waals surface area contributed by atoms with E-state index >= 15 is 0 Å². The highest BCUT2D eigenvalue weighted by molar-refractivity contribution is 6.15. The van der Waals surface area contributed by atoms with Crippen molar-refractivity contribution in [3.63, 3.8) is 0 Å². The maximum atomic E-state index is 14.7. The molecule has 0 spiro atoms. The molecule has 6 heteroatoms. The topological polar surface area (TPSA) is 73.3 Å². The summed E-state index contributed by atoms with van der Waals surface area (Å²) in [5.41, 5.74) is 10.3. The van der Waals surface area contributed by atoms with Gasteiger partial charge in [-0.2, -0.15) is 0 Å². The van der Waals surface area contributed by atoms with Crippen LogP contribution < -0.4 is 5.73 Å². The van der Waals surface area contributed by atoms with Crippen molar-refractivity contribution in [2.45, 2.75) is 31.7 Å². The molecule has 5 rings (SSSR count). The molecule has 1 fully saturated rings. The van der Waals surface area contributed by atoms with Crippen molar-refractivity contribution in [1.29, 1.82) is 0 Å². The first kappa shape index (κ1) is 16.9. The molecule has 3 aromatic rings. The number of imidazole rings is 1. The van der Waals surface area contributed by atoms with Gasteiger partial charge in [0.15, 0.2) is 5.69 Å². The molecule has 2 heterocycles. The summed E-state index contributed by atoms with van der Waals surface area (Å²) in [5, 5.41) is 0. The molecular weight excluding hydrogens is 355 g/mol. The van der Waals surface area contributed by atoms with E-state index in [1.807, 2.05) is 17.6 Å². The van der Waals surface area contributed by atoms with E-state index in [0.717, 1.165) is 11.3 Å². The van der Waals surface area contributed by atoms with E-state index in [-0.39, 0.29) is 11.5 Å². The van der Waals surface area contributed by atoms with Crippen LogP contribution in [-0.4, -0.2) is 21.2 Å². The van der Waals surface area contributed by atoms with E-state index in [1.54, 1.807) is 24.5 Å². The van der Waals surface area contributed by atoms with Crippen LogP contribution in [0.4, 0.5) is 4.39 Å². The van der Waals surface area contributed by atoms with Gasteiger partial charge in [-0.3, -0.25) is 14.4 Å². The zero-order valence-electron chi connectivity index (χ0n) is 15.4. The van der Waals surface area contributed by atoms with Crippen molar-refractivity contribution >= 4 is 11.6 Å². The second-order valence-electron chi connectivity index (χ2n) is 7.40. The van der Waals surface area contributed by atoms with E-state index in [2.05, 4.69) is 17.1 Å². The molecule has 1 aliphatic heterocycles. The van der Waals surface area contributed by atoms with Crippen LogP contribution in [0.5, 0.6) is 0 Å². The zero-order chi connectivity index (χ0) is 19.4. The van der Waals surface area contributed by atoms with Crippen LogP contribution in [-0.2, 0) is 0 Å². The molecule has 0 bridgehead atoms. The first-order valence-electron chi connectivity index (χ1n) is 9.39. The lowest BCUT2D eigenvalue weighted by Gasteiger charge is -2.14. The first-order chi connectivity index (χ1) is 13.5. The molecule has 1 aromatic heterocycles. The zero-order valence-corrected chi connectivity index (χ0v) is 15.4. The fraction of sp³-hybridized carbons (Fsp3) is 0.227. The number of rotatable bonds is 3. The Morgan fingerprint density at radius 2 is 1.96 bits per heavy atom. The van der Waals surface area contributed by atoms with Crippen molar-refractivity contribution in [1.82, 2.24) is 9.55 Å². The van der Waals surface area contributed by atoms with Crippen LogP contribution in [0.15, 0.2) is 53.8 Å². The maximum Gasteiger partial charge on any atom is 0.269 e. The smallest absolute Gasteiger partial charge is 0.269 e. The second kappa shape index (κ2) is 6.12. The Morgan fingerprint density at radius 1 is 1.18 bits per heavy atom. The SMILES string of the molecule is CC1N=C(c2ccccc2F)c2cc(C3CC3)ccc2-n2cnc(C(N)=O)c21. The summed E-state index contributed by atoms with van der Waals surface area (Å²) in [6, 6.07) is 12.4. The van der Waals surface area contributed by atoms with Crippen LogP contribution in [0.25, 0.3) is 5.69 Å². The number of nitrogens with two attached hydrogens (primary N) is 1. The maximum absolute atomic E-state index is 14.7. The number of carbonyl (C=O) groups is 1. The summed E-state index contributed by atoms with van der Waals surface area (Å²) < 4.78 is 16.5. The van der Waals surface area contributed by atoms with Gasteiger partial charge in [0.2, 0.25) is 0 Å². The number of aliphatic imine (C=N–C) groups is 1. The number of halogens is 1. The molecule has 2 N–H and O–H groups in total. The van der Waals surface area contributed by atoms with Crippen LogP contribution in [0.3, 0.4) is 0 Å². The number of hydrogen-bond acceptors (Lipinski definition) is 3. The van der Waals surface area contributed by atoms with Gasteiger partial charge in [-0.15, -0.1) is 0 Å². The van der Waals surface area contributed by atoms with Gasteiger partial charge in [0.1, 0.15) is 12.1 Å². The number of fused-ring (bicyclic) bond motifs is 3. The predicted octanol–water partition coefficient (Wildman–Crippen LogP) is 3.90.